The van der Waals surface area contributed by atoms with Crippen molar-refractivity contribution >= 4 is 5.82 Å². The maximum Gasteiger partial charge on any atom is 0.180 e. The van der Waals surface area contributed by atoms with Gasteiger partial charge in [-0.15, -0.1) is 0 Å². The normalized spacial score (nSPS) is 11.8. The number of benzene rings is 1. The predicted octanol–water partition coefficient (Wildman–Crippen LogP) is 5.01. The smallest absolute Gasteiger partial charge is 0.180 e. The Hall–Kier alpha value is -3.60. The second-order valence-corrected chi connectivity index (χ2v) is 6.88. The lowest BCUT2D eigenvalue weighted by Gasteiger charge is -2.20. The number of rotatable bonds is 6. The zero-order valence-corrected chi connectivity index (χ0v) is 16.6. The lowest BCUT2D eigenvalue weighted by molar-refractivity contribution is 0.870. The third-order valence-electron chi connectivity index (χ3n) is 4.69. The summed E-state index contributed by atoms with van der Waals surface area (Å²) < 4.78 is 0. The van der Waals surface area contributed by atoms with Crippen molar-refractivity contribution in [3.05, 3.63) is 102 Å². The molecule has 144 valence electrons. The largest absolute Gasteiger partial charge is 0.357 e. The van der Waals surface area contributed by atoms with E-state index >= 15 is 0 Å². The van der Waals surface area contributed by atoms with E-state index in [4.69, 9.17) is 4.98 Å². The molecule has 0 aliphatic rings. The second-order valence-electron chi connectivity index (χ2n) is 6.88. The predicted molar refractivity (Wildman–Crippen MR) is 116 cm³/mol. The van der Waals surface area contributed by atoms with Crippen LogP contribution in [0.3, 0.4) is 0 Å². The first-order valence-electron chi connectivity index (χ1n) is 9.76. The zero-order chi connectivity index (χ0) is 20.1. The fraction of sp³-hybridized carbons (Fsp3) is 0.167. The fourth-order valence-electron chi connectivity index (χ4n) is 3.23. The van der Waals surface area contributed by atoms with Crippen LogP contribution in [0.5, 0.6) is 0 Å². The van der Waals surface area contributed by atoms with Crippen LogP contribution in [0.2, 0.25) is 0 Å². The molecule has 0 radical (unpaired) electrons. The number of aromatic nitrogens is 4. The number of pyridine rings is 2. The first kappa shape index (κ1) is 18.7. The van der Waals surface area contributed by atoms with Gasteiger partial charge in [0, 0.05) is 24.2 Å². The van der Waals surface area contributed by atoms with Crippen molar-refractivity contribution in [2.75, 3.05) is 5.32 Å². The molecule has 0 aliphatic heterocycles. The molecule has 1 atom stereocenters. The summed E-state index contributed by atoms with van der Waals surface area (Å²) in [6.07, 6.45) is 4.39. The van der Waals surface area contributed by atoms with Crippen molar-refractivity contribution in [1.29, 1.82) is 0 Å². The monoisotopic (exact) mass is 381 g/mol. The molecule has 5 heteroatoms. The second kappa shape index (κ2) is 8.61. The maximum atomic E-state index is 4.75. The standard InChI is InChI=1S/C24H23N5/c1-3-19-16-22(29-24(27-19)21-12-5-7-14-26-21)28-23(20-11-4-6-13-25-20)18-10-8-9-17(2)15-18/h4-16,23H,3H2,1-2H3,(H,27,28,29). The summed E-state index contributed by atoms with van der Waals surface area (Å²) in [6.45, 7) is 4.18. The van der Waals surface area contributed by atoms with E-state index in [1.807, 2.05) is 48.7 Å². The molecule has 1 aromatic carbocycles. The van der Waals surface area contributed by atoms with Gasteiger partial charge in [-0.3, -0.25) is 9.97 Å². The fourth-order valence-corrected chi connectivity index (χ4v) is 3.23. The molecular formula is C24H23N5. The van der Waals surface area contributed by atoms with Gasteiger partial charge in [-0.25, -0.2) is 9.97 Å². The van der Waals surface area contributed by atoms with Crippen molar-refractivity contribution in [2.45, 2.75) is 26.3 Å². The average molecular weight is 381 g/mol. The Labute approximate surface area is 170 Å². The molecular weight excluding hydrogens is 358 g/mol. The van der Waals surface area contributed by atoms with Crippen LogP contribution in [0, 0.1) is 6.92 Å². The summed E-state index contributed by atoms with van der Waals surface area (Å²) in [4.78, 5) is 18.4. The maximum absolute atomic E-state index is 4.75. The highest BCUT2D eigenvalue weighted by Gasteiger charge is 2.17. The third-order valence-corrected chi connectivity index (χ3v) is 4.69. The van der Waals surface area contributed by atoms with E-state index in [2.05, 4.69) is 58.4 Å². The van der Waals surface area contributed by atoms with Crippen molar-refractivity contribution < 1.29 is 0 Å². The Morgan fingerprint density at radius 3 is 2.38 bits per heavy atom. The van der Waals surface area contributed by atoms with E-state index in [-0.39, 0.29) is 6.04 Å². The number of anilines is 1. The van der Waals surface area contributed by atoms with Crippen molar-refractivity contribution in [2.24, 2.45) is 0 Å². The molecule has 3 heterocycles. The SMILES string of the molecule is CCc1cc(NC(c2cccc(C)c2)c2ccccn2)nc(-c2ccccn2)n1. The molecule has 0 spiro atoms. The Bertz CT molecular complexity index is 1080. The van der Waals surface area contributed by atoms with Crippen LogP contribution in [0.25, 0.3) is 11.5 Å². The number of hydrogen-bond donors (Lipinski definition) is 1. The Morgan fingerprint density at radius 1 is 0.862 bits per heavy atom. The van der Waals surface area contributed by atoms with Crippen LogP contribution in [-0.4, -0.2) is 19.9 Å². The summed E-state index contributed by atoms with van der Waals surface area (Å²) in [7, 11) is 0. The molecule has 1 unspecified atom stereocenters. The van der Waals surface area contributed by atoms with E-state index in [1.54, 1.807) is 6.20 Å². The quantitative estimate of drug-likeness (QED) is 0.509. The summed E-state index contributed by atoms with van der Waals surface area (Å²) in [6, 6.07) is 22.1. The Kier molecular flexibility index (Phi) is 5.56. The molecule has 0 bridgehead atoms. The Morgan fingerprint density at radius 2 is 1.69 bits per heavy atom. The topological polar surface area (TPSA) is 63.6 Å². The van der Waals surface area contributed by atoms with Gasteiger partial charge in [-0.1, -0.05) is 48.9 Å². The molecule has 4 rings (SSSR count). The minimum absolute atomic E-state index is 0.118. The van der Waals surface area contributed by atoms with Crippen molar-refractivity contribution in [3.8, 4) is 11.5 Å². The van der Waals surface area contributed by atoms with Gasteiger partial charge in [-0.05, 0) is 43.2 Å². The van der Waals surface area contributed by atoms with Crippen LogP contribution < -0.4 is 5.32 Å². The van der Waals surface area contributed by atoms with Gasteiger partial charge in [0.15, 0.2) is 5.82 Å². The van der Waals surface area contributed by atoms with Crippen LogP contribution in [0.15, 0.2) is 79.1 Å². The van der Waals surface area contributed by atoms with Crippen LogP contribution >= 0.6 is 0 Å². The van der Waals surface area contributed by atoms with Gasteiger partial charge in [0.25, 0.3) is 0 Å². The van der Waals surface area contributed by atoms with Gasteiger partial charge in [0.2, 0.25) is 0 Å². The summed E-state index contributed by atoms with van der Waals surface area (Å²) in [5, 5.41) is 3.58. The van der Waals surface area contributed by atoms with Crippen molar-refractivity contribution in [1.82, 2.24) is 19.9 Å². The summed E-state index contributed by atoms with van der Waals surface area (Å²) in [5.41, 5.74) is 5.01. The molecule has 4 aromatic rings. The average Bonchev–Trinajstić information content (AvgIpc) is 2.78. The van der Waals surface area contributed by atoms with E-state index in [0.29, 0.717) is 5.82 Å². The van der Waals surface area contributed by atoms with Gasteiger partial charge >= 0.3 is 0 Å². The lowest BCUT2D eigenvalue weighted by Crippen LogP contribution is -2.15. The van der Waals surface area contributed by atoms with E-state index < -0.39 is 0 Å². The first-order chi connectivity index (χ1) is 14.2. The van der Waals surface area contributed by atoms with Gasteiger partial charge < -0.3 is 5.32 Å². The summed E-state index contributed by atoms with van der Waals surface area (Å²) >= 11 is 0. The molecule has 3 aromatic heterocycles. The summed E-state index contributed by atoms with van der Waals surface area (Å²) in [5.74, 6) is 1.38. The molecule has 5 nitrogen and oxygen atoms in total. The van der Waals surface area contributed by atoms with E-state index in [1.165, 1.54) is 5.56 Å². The van der Waals surface area contributed by atoms with E-state index in [0.717, 1.165) is 34.9 Å². The molecule has 0 saturated carbocycles. The van der Waals surface area contributed by atoms with Gasteiger partial charge in [0.1, 0.15) is 11.5 Å². The number of nitrogens with one attached hydrogen (secondary N) is 1. The lowest BCUT2D eigenvalue weighted by atomic mass is 10.0. The van der Waals surface area contributed by atoms with E-state index in [9.17, 15) is 0 Å². The van der Waals surface area contributed by atoms with Gasteiger partial charge in [0.05, 0.1) is 11.7 Å². The van der Waals surface area contributed by atoms with Gasteiger partial charge in [-0.2, -0.15) is 0 Å². The molecule has 0 fully saturated rings. The van der Waals surface area contributed by atoms with Crippen LogP contribution in [-0.2, 0) is 6.42 Å². The first-order valence-corrected chi connectivity index (χ1v) is 9.76. The molecule has 0 amide bonds. The highest BCUT2D eigenvalue weighted by Crippen LogP contribution is 2.26. The van der Waals surface area contributed by atoms with Crippen LogP contribution in [0.1, 0.15) is 35.5 Å². The number of nitrogens with zero attached hydrogens (tertiary/aromatic N) is 4. The minimum Gasteiger partial charge on any atom is -0.357 e. The third kappa shape index (κ3) is 4.46. The minimum atomic E-state index is -0.118. The molecule has 0 saturated heterocycles. The highest BCUT2D eigenvalue weighted by molar-refractivity contribution is 5.54. The Balaban J connectivity index is 1.76. The molecule has 29 heavy (non-hydrogen) atoms. The number of aryl methyl sites for hydroxylation is 2. The number of hydrogen-bond acceptors (Lipinski definition) is 5. The zero-order valence-electron chi connectivity index (χ0n) is 16.6. The van der Waals surface area contributed by atoms with Crippen molar-refractivity contribution in [3.63, 3.8) is 0 Å². The van der Waals surface area contributed by atoms with Crippen LogP contribution in [0.4, 0.5) is 5.82 Å². The molecule has 0 aliphatic carbocycles. The highest BCUT2D eigenvalue weighted by atomic mass is 15.1. The molecule has 1 N–H and O–H groups in total.